The van der Waals surface area contributed by atoms with Crippen LogP contribution in [0.1, 0.15) is 10.5 Å². The molecule has 0 bridgehead atoms. The van der Waals surface area contributed by atoms with E-state index in [0.29, 0.717) is 18.8 Å². The first-order valence-corrected chi connectivity index (χ1v) is 7.89. The van der Waals surface area contributed by atoms with Gasteiger partial charge in [0.05, 0.1) is 5.69 Å². The van der Waals surface area contributed by atoms with Gasteiger partial charge < -0.3 is 10.6 Å². The molecule has 1 amide bonds. The molecule has 2 N–H and O–H groups in total. The summed E-state index contributed by atoms with van der Waals surface area (Å²) in [6.45, 7) is 1.17. The Kier molecular flexibility index (Phi) is 4.21. The van der Waals surface area contributed by atoms with E-state index in [1.54, 1.807) is 18.1 Å². The Morgan fingerprint density at radius 3 is 2.29 bits per heavy atom. The summed E-state index contributed by atoms with van der Waals surface area (Å²) in [7, 11) is 1.23. The van der Waals surface area contributed by atoms with Crippen LogP contribution in [-0.2, 0) is 17.3 Å². The van der Waals surface area contributed by atoms with Crippen molar-refractivity contribution in [2.45, 2.75) is 0 Å². The number of hydrogen-bond acceptors (Lipinski definition) is 5. The monoisotopic (exact) mass is 316 g/mol. The molecule has 1 fully saturated rings. The lowest BCUT2D eigenvalue weighted by molar-refractivity contribution is 0.0689. The van der Waals surface area contributed by atoms with Crippen LogP contribution in [0.2, 0.25) is 0 Å². The van der Waals surface area contributed by atoms with E-state index in [4.69, 9.17) is 5.73 Å². The molecule has 0 saturated carbocycles. The number of nitrogens with two attached hydrogens (primary N) is 1. The number of hydrogen-bond donors (Lipinski definition) is 1. The maximum Gasteiger partial charge on any atom is 0.281 e. The van der Waals surface area contributed by atoms with Crippen LogP contribution in [0.25, 0.3) is 0 Å². The van der Waals surface area contributed by atoms with Crippen molar-refractivity contribution < 1.29 is 13.2 Å². The Hall–Kier alpha value is -1.65. The van der Waals surface area contributed by atoms with Crippen molar-refractivity contribution in [3.63, 3.8) is 0 Å². The highest BCUT2D eigenvalue weighted by atomic mass is 32.2. The van der Waals surface area contributed by atoms with Gasteiger partial charge in [-0.05, 0) is 0 Å². The molecular formula is C11H20N6O3S. The molecular weight excluding hydrogens is 296 g/mol. The number of nitrogens with zero attached hydrogens (tertiary/aromatic N) is 5. The molecule has 2 heterocycles. The van der Waals surface area contributed by atoms with Gasteiger partial charge in [0.15, 0.2) is 5.69 Å². The Bertz CT molecular complexity index is 630. The second-order valence-corrected chi connectivity index (χ2v) is 7.23. The molecule has 0 atom stereocenters. The number of piperazine rings is 1. The smallest absolute Gasteiger partial charge is 0.281 e. The van der Waals surface area contributed by atoms with Gasteiger partial charge in [0.25, 0.3) is 16.1 Å². The molecule has 0 radical (unpaired) electrons. The first-order valence-electron chi connectivity index (χ1n) is 6.49. The molecule has 0 unspecified atom stereocenters. The number of anilines is 1. The van der Waals surface area contributed by atoms with E-state index in [0.717, 1.165) is 0 Å². The lowest BCUT2D eigenvalue weighted by Crippen LogP contribution is -2.53. The van der Waals surface area contributed by atoms with Crippen molar-refractivity contribution in [3.05, 3.63) is 11.9 Å². The SMILES string of the molecule is CN(C)S(=O)(=O)N1CCN(C(=O)c2nn(C)cc2N)CC1. The lowest BCUT2D eigenvalue weighted by Gasteiger charge is -2.34. The highest BCUT2D eigenvalue weighted by Crippen LogP contribution is 2.15. The van der Waals surface area contributed by atoms with Crippen molar-refractivity contribution in [1.82, 2.24) is 23.3 Å². The van der Waals surface area contributed by atoms with Gasteiger partial charge in [-0.25, -0.2) is 0 Å². The molecule has 1 aliphatic heterocycles. The van der Waals surface area contributed by atoms with E-state index in [1.165, 1.54) is 27.4 Å². The van der Waals surface area contributed by atoms with Crippen molar-refractivity contribution >= 4 is 21.8 Å². The number of carbonyl (C=O) groups excluding carboxylic acids is 1. The summed E-state index contributed by atoms with van der Waals surface area (Å²) >= 11 is 0. The zero-order valence-corrected chi connectivity index (χ0v) is 13.2. The molecule has 21 heavy (non-hydrogen) atoms. The van der Waals surface area contributed by atoms with Crippen LogP contribution in [0.3, 0.4) is 0 Å². The molecule has 1 aromatic heterocycles. The van der Waals surface area contributed by atoms with E-state index in [1.807, 2.05) is 0 Å². The molecule has 1 aromatic rings. The second kappa shape index (κ2) is 5.62. The maximum absolute atomic E-state index is 12.3. The predicted octanol–water partition coefficient (Wildman–Crippen LogP) is -1.43. The average Bonchev–Trinajstić information content (AvgIpc) is 2.77. The van der Waals surface area contributed by atoms with Crippen LogP contribution in [-0.4, -0.2) is 77.9 Å². The van der Waals surface area contributed by atoms with Crippen LogP contribution >= 0.6 is 0 Å². The molecule has 0 aromatic carbocycles. The number of amides is 1. The lowest BCUT2D eigenvalue weighted by atomic mass is 10.3. The molecule has 118 valence electrons. The molecule has 0 aliphatic carbocycles. The third-order valence-corrected chi connectivity index (χ3v) is 5.31. The second-order valence-electron chi connectivity index (χ2n) is 5.09. The highest BCUT2D eigenvalue weighted by Gasteiger charge is 2.31. The van der Waals surface area contributed by atoms with Gasteiger partial charge in [0, 0.05) is 53.5 Å². The third kappa shape index (κ3) is 3.01. The normalized spacial score (nSPS) is 17.4. The fraction of sp³-hybridized carbons (Fsp3) is 0.636. The highest BCUT2D eigenvalue weighted by molar-refractivity contribution is 7.86. The summed E-state index contributed by atoms with van der Waals surface area (Å²) in [4.78, 5) is 13.9. The molecule has 1 aliphatic rings. The third-order valence-electron chi connectivity index (χ3n) is 3.37. The maximum atomic E-state index is 12.3. The molecule has 1 saturated heterocycles. The summed E-state index contributed by atoms with van der Waals surface area (Å²) < 4.78 is 28.0. The van der Waals surface area contributed by atoms with Gasteiger partial charge in [-0.1, -0.05) is 0 Å². The van der Waals surface area contributed by atoms with Crippen LogP contribution < -0.4 is 5.73 Å². The zero-order chi connectivity index (χ0) is 15.8. The van der Waals surface area contributed by atoms with Crippen LogP contribution in [0.5, 0.6) is 0 Å². The molecule has 9 nitrogen and oxygen atoms in total. The zero-order valence-electron chi connectivity index (χ0n) is 12.4. The Morgan fingerprint density at radius 1 is 1.29 bits per heavy atom. The van der Waals surface area contributed by atoms with Gasteiger partial charge in [-0.2, -0.15) is 22.1 Å². The average molecular weight is 316 g/mol. The van der Waals surface area contributed by atoms with Gasteiger partial charge in [-0.3, -0.25) is 9.48 Å². The van der Waals surface area contributed by atoms with E-state index >= 15 is 0 Å². The first-order chi connectivity index (χ1) is 9.73. The first kappa shape index (κ1) is 15.7. The predicted molar refractivity (Wildman–Crippen MR) is 77.7 cm³/mol. The number of nitrogen functional groups attached to an aromatic ring is 1. The van der Waals surface area contributed by atoms with E-state index in [9.17, 15) is 13.2 Å². The summed E-state index contributed by atoms with van der Waals surface area (Å²) in [5.74, 6) is -0.269. The van der Waals surface area contributed by atoms with Crippen molar-refractivity contribution in [1.29, 1.82) is 0 Å². The fourth-order valence-electron chi connectivity index (χ4n) is 2.18. The molecule has 2 rings (SSSR count). The number of aryl methyl sites for hydroxylation is 1. The van der Waals surface area contributed by atoms with E-state index in [2.05, 4.69) is 5.10 Å². The van der Waals surface area contributed by atoms with Crippen LogP contribution in [0.4, 0.5) is 5.69 Å². The van der Waals surface area contributed by atoms with Gasteiger partial charge in [0.1, 0.15) is 0 Å². The van der Waals surface area contributed by atoms with Crippen molar-refractivity contribution in [2.24, 2.45) is 7.05 Å². The molecule has 0 spiro atoms. The Morgan fingerprint density at radius 2 is 1.86 bits per heavy atom. The Labute approximate surface area is 124 Å². The standard InChI is InChI=1S/C11H20N6O3S/c1-14(2)21(19,20)17-6-4-16(5-7-17)11(18)10-9(12)8-15(3)13-10/h8H,4-7,12H2,1-3H3. The largest absolute Gasteiger partial charge is 0.396 e. The minimum atomic E-state index is -3.43. The molecule has 10 heteroatoms. The Balaban J connectivity index is 2.05. The van der Waals surface area contributed by atoms with Gasteiger partial charge in [0.2, 0.25) is 0 Å². The summed E-state index contributed by atoms with van der Waals surface area (Å²) in [5.41, 5.74) is 6.28. The summed E-state index contributed by atoms with van der Waals surface area (Å²) in [5, 5.41) is 4.04. The summed E-state index contributed by atoms with van der Waals surface area (Å²) in [6.07, 6.45) is 1.57. The quantitative estimate of drug-likeness (QED) is 0.736. The van der Waals surface area contributed by atoms with Gasteiger partial charge in [-0.15, -0.1) is 0 Å². The van der Waals surface area contributed by atoms with Gasteiger partial charge >= 0.3 is 0 Å². The minimum absolute atomic E-state index is 0.210. The van der Waals surface area contributed by atoms with E-state index in [-0.39, 0.29) is 24.7 Å². The minimum Gasteiger partial charge on any atom is -0.396 e. The number of carbonyl (C=O) groups is 1. The van der Waals surface area contributed by atoms with Crippen molar-refractivity contribution in [3.8, 4) is 0 Å². The van der Waals surface area contributed by atoms with Crippen molar-refractivity contribution in [2.75, 3.05) is 46.0 Å². The fourth-order valence-corrected chi connectivity index (χ4v) is 3.26. The summed E-state index contributed by atoms with van der Waals surface area (Å²) in [6, 6.07) is 0. The van der Waals surface area contributed by atoms with Crippen LogP contribution in [0, 0.1) is 0 Å². The number of rotatable bonds is 3. The van der Waals surface area contributed by atoms with Crippen LogP contribution in [0.15, 0.2) is 6.20 Å². The van der Waals surface area contributed by atoms with E-state index < -0.39 is 10.2 Å². The topological polar surface area (TPSA) is 105 Å². The number of aromatic nitrogens is 2.